The lowest BCUT2D eigenvalue weighted by atomic mass is 10.0. The van der Waals surface area contributed by atoms with Gasteiger partial charge in [0.05, 0.1) is 17.4 Å². The third-order valence-corrected chi connectivity index (χ3v) is 4.53. The van der Waals surface area contributed by atoms with Gasteiger partial charge in [0.15, 0.2) is 0 Å². The maximum absolute atomic E-state index is 13.0. The van der Waals surface area contributed by atoms with Crippen molar-refractivity contribution in [1.29, 1.82) is 0 Å². The van der Waals surface area contributed by atoms with E-state index in [1.54, 1.807) is 6.07 Å². The first-order valence-electron chi connectivity index (χ1n) is 6.28. The monoisotopic (exact) mass is 299 g/mol. The van der Waals surface area contributed by atoms with Crippen LogP contribution in [0.4, 0.5) is 13.2 Å². The molecule has 0 saturated heterocycles. The Morgan fingerprint density at radius 2 is 2.00 bits per heavy atom. The first-order chi connectivity index (χ1) is 9.45. The van der Waals surface area contributed by atoms with E-state index in [1.807, 2.05) is 0 Å². The number of benzene rings is 1. The molecule has 0 spiro atoms. The number of aliphatic hydroxyl groups is 1. The number of halogens is 3. The van der Waals surface area contributed by atoms with E-state index < -0.39 is 17.8 Å². The maximum Gasteiger partial charge on any atom is 0.417 e. The quantitative estimate of drug-likeness (QED) is 0.871. The SMILES string of the molecule is OC1CCc2nc(-c3ccccc3C(F)(F)F)sc2C1. The van der Waals surface area contributed by atoms with Gasteiger partial charge in [-0.1, -0.05) is 18.2 Å². The van der Waals surface area contributed by atoms with E-state index in [4.69, 9.17) is 0 Å². The number of alkyl halides is 3. The van der Waals surface area contributed by atoms with Crippen LogP contribution in [0.2, 0.25) is 0 Å². The number of aromatic nitrogens is 1. The summed E-state index contributed by atoms with van der Waals surface area (Å²) in [7, 11) is 0. The fourth-order valence-corrected chi connectivity index (χ4v) is 3.61. The molecule has 2 aromatic rings. The van der Waals surface area contributed by atoms with Crippen molar-refractivity contribution < 1.29 is 18.3 Å². The molecular formula is C14H12F3NOS. The highest BCUT2D eigenvalue weighted by atomic mass is 32.1. The second kappa shape index (κ2) is 4.86. The minimum atomic E-state index is -4.39. The van der Waals surface area contributed by atoms with Crippen LogP contribution in [-0.2, 0) is 19.0 Å². The Bertz CT molecular complexity index is 636. The van der Waals surface area contributed by atoms with Crippen LogP contribution in [0, 0.1) is 0 Å². The van der Waals surface area contributed by atoms with Crippen molar-refractivity contribution in [1.82, 2.24) is 4.98 Å². The number of thiazole rings is 1. The molecule has 106 valence electrons. The minimum Gasteiger partial charge on any atom is -0.393 e. The van der Waals surface area contributed by atoms with Crippen LogP contribution in [0.5, 0.6) is 0 Å². The van der Waals surface area contributed by atoms with Gasteiger partial charge in [0, 0.05) is 16.9 Å². The lowest BCUT2D eigenvalue weighted by molar-refractivity contribution is -0.137. The third kappa shape index (κ3) is 2.45. The Kier molecular flexibility index (Phi) is 3.30. The van der Waals surface area contributed by atoms with Crippen molar-refractivity contribution >= 4 is 11.3 Å². The minimum absolute atomic E-state index is 0.119. The second-order valence-corrected chi connectivity index (χ2v) is 5.91. The van der Waals surface area contributed by atoms with E-state index in [2.05, 4.69) is 4.98 Å². The van der Waals surface area contributed by atoms with Crippen LogP contribution in [0.1, 0.15) is 22.6 Å². The summed E-state index contributed by atoms with van der Waals surface area (Å²) < 4.78 is 39.0. The standard InChI is InChI=1S/C14H12F3NOS/c15-14(16,17)10-4-2-1-3-9(10)13-18-11-6-5-8(19)7-12(11)20-13/h1-4,8,19H,5-7H2. The molecule has 1 aromatic carbocycles. The second-order valence-electron chi connectivity index (χ2n) is 4.83. The van der Waals surface area contributed by atoms with Gasteiger partial charge >= 0.3 is 6.18 Å². The van der Waals surface area contributed by atoms with E-state index in [-0.39, 0.29) is 5.56 Å². The average Bonchev–Trinajstić information content (AvgIpc) is 2.80. The molecule has 0 bridgehead atoms. The molecule has 1 unspecified atom stereocenters. The molecule has 1 aliphatic rings. The lowest BCUT2D eigenvalue weighted by Gasteiger charge is -2.14. The average molecular weight is 299 g/mol. The van der Waals surface area contributed by atoms with Crippen molar-refractivity contribution in [2.24, 2.45) is 0 Å². The fourth-order valence-electron chi connectivity index (χ4n) is 2.39. The maximum atomic E-state index is 13.0. The molecule has 1 atom stereocenters. The number of rotatable bonds is 1. The predicted molar refractivity (Wildman–Crippen MR) is 70.6 cm³/mol. The van der Waals surface area contributed by atoms with E-state index in [0.29, 0.717) is 24.3 Å². The zero-order valence-corrected chi connectivity index (χ0v) is 11.3. The first kappa shape index (κ1) is 13.6. The van der Waals surface area contributed by atoms with Crippen molar-refractivity contribution in [3.63, 3.8) is 0 Å². The Labute approximate surface area is 117 Å². The number of nitrogens with zero attached hydrogens (tertiary/aromatic N) is 1. The topological polar surface area (TPSA) is 33.1 Å². The van der Waals surface area contributed by atoms with Gasteiger partial charge in [-0.3, -0.25) is 0 Å². The molecule has 1 N–H and O–H groups in total. The molecule has 1 aromatic heterocycles. The highest BCUT2D eigenvalue weighted by molar-refractivity contribution is 7.15. The van der Waals surface area contributed by atoms with Gasteiger partial charge < -0.3 is 5.11 Å². The van der Waals surface area contributed by atoms with E-state index in [9.17, 15) is 18.3 Å². The Hall–Kier alpha value is -1.40. The number of aryl methyl sites for hydroxylation is 1. The summed E-state index contributed by atoms with van der Waals surface area (Å²) in [5, 5.41) is 10.0. The van der Waals surface area contributed by atoms with Crippen LogP contribution in [0.15, 0.2) is 24.3 Å². The van der Waals surface area contributed by atoms with Gasteiger partial charge in [-0.25, -0.2) is 4.98 Å². The highest BCUT2D eigenvalue weighted by Gasteiger charge is 2.34. The number of aliphatic hydroxyl groups excluding tert-OH is 1. The Balaban J connectivity index is 2.07. The van der Waals surface area contributed by atoms with Crippen molar-refractivity contribution in [3.05, 3.63) is 40.4 Å². The van der Waals surface area contributed by atoms with Crippen LogP contribution < -0.4 is 0 Å². The number of hydrogen-bond acceptors (Lipinski definition) is 3. The number of fused-ring (bicyclic) bond motifs is 1. The molecule has 0 aliphatic heterocycles. The van der Waals surface area contributed by atoms with Crippen molar-refractivity contribution in [2.45, 2.75) is 31.5 Å². The highest BCUT2D eigenvalue weighted by Crippen LogP contribution is 2.40. The predicted octanol–water partition coefficient (Wildman–Crippen LogP) is 3.68. The van der Waals surface area contributed by atoms with Crippen LogP contribution in [0.25, 0.3) is 10.6 Å². The Morgan fingerprint density at radius 1 is 1.25 bits per heavy atom. The zero-order chi connectivity index (χ0) is 14.3. The molecule has 0 saturated carbocycles. The van der Waals surface area contributed by atoms with E-state index >= 15 is 0 Å². The largest absolute Gasteiger partial charge is 0.417 e. The van der Waals surface area contributed by atoms with Crippen LogP contribution in [0.3, 0.4) is 0 Å². The molecular weight excluding hydrogens is 287 g/mol. The van der Waals surface area contributed by atoms with Gasteiger partial charge in [-0.05, 0) is 18.9 Å². The smallest absolute Gasteiger partial charge is 0.393 e. The Morgan fingerprint density at radius 3 is 2.75 bits per heavy atom. The number of hydrogen-bond donors (Lipinski definition) is 1. The summed E-state index contributed by atoms with van der Waals surface area (Å²) in [6.45, 7) is 0. The lowest BCUT2D eigenvalue weighted by Crippen LogP contribution is -2.17. The molecule has 2 nitrogen and oxygen atoms in total. The van der Waals surface area contributed by atoms with Crippen molar-refractivity contribution in [3.8, 4) is 10.6 Å². The summed E-state index contributed by atoms with van der Waals surface area (Å²) in [6.07, 6.45) is -3.06. The first-order valence-corrected chi connectivity index (χ1v) is 7.10. The van der Waals surface area contributed by atoms with Gasteiger partial charge in [0.1, 0.15) is 5.01 Å². The molecule has 1 aliphatic carbocycles. The molecule has 6 heteroatoms. The summed E-state index contributed by atoms with van der Waals surface area (Å²) in [5.41, 5.74) is 0.285. The fraction of sp³-hybridized carbons (Fsp3) is 0.357. The van der Waals surface area contributed by atoms with Gasteiger partial charge in [0.2, 0.25) is 0 Å². The van der Waals surface area contributed by atoms with Crippen LogP contribution in [-0.4, -0.2) is 16.2 Å². The van der Waals surface area contributed by atoms with Gasteiger partial charge in [-0.15, -0.1) is 11.3 Å². The normalized spacial score (nSPS) is 18.9. The molecule has 0 radical (unpaired) electrons. The molecule has 0 amide bonds. The molecule has 0 fully saturated rings. The third-order valence-electron chi connectivity index (χ3n) is 3.38. The summed E-state index contributed by atoms with van der Waals surface area (Å²) in [4.78, 5) is 5.24. The van der Waals surface area contributed by atoms with Crippen molar-refractivity contribution in [2.75, 3.05) is 0 Å². The van der Waals surface area contributed by atoms with Gasteiger partial charge in [0.25, 0.3) is 0 Å². The summed E-state index contributed by atoms with van der Waals surface area (Å²) in [5.74, 6) is 0. The summed E-state index contributed by atoms with van der Waals surface area (Å²) >= 11 is 1.25. The van der Waals surface area contributed by atoms with Gasteiger partial charge in [-0.2, -0.15) is 13.2 Å². The van der Waals surface area contributed by atoms with E-state index in [1.165, 1.54) is 23.5 Å². The van der Waals surface area contributed by atoms with Crippen LogP contribution >= 0.6 is 11.3 Å². The zero-order valence-electron chi connectivity index (χ0n) is 10.4. The molecule has 3 rings (SSSR count). The molecule has 1 heterocycles. The summed E-state index contributed by atoms with van der Waals surface area (Å²) in [6, 6.07) is 5.48. The van der Waals surface area contributed by atoms with E-state index in [0.717, 1.165) is 16.6 Å². The molecule has 20 heavy (non-hydrogen) atoms.